The van der Waals surface area contributed by atoms with Gasteiger partial charge in [-0.2, -0.15) is 0 Å². The van der Waals surface area contributed by atoms with Crippen LogP contribution in [0.4, 0.5) is 10.5 Å². The smallest absolute Gasteiger partial charge is 0.415 e. The molecule has 1 aliphatic heterocycles. The highest BCUT2D eigenvalue weighted by Crippen LogP contribution is 2.34. The highest BCUT2D eigenvalue weighted by Gasteiger charge is 2.36. The molecule has 4 nitrogen and oxygen atoms in total. The van der Waals surface area contributed by atoms with Gasteiger partial charge in [-0.15, -0.1) is 0 Å². The molecule has 1 aliphatic rings. The topological polar surface area (TPSA) is 46.6 Å². The predicted molar refractivity (Wildman–Crippen MR) is 78.3 cm³/mol. The fraction of sp³-hybridized carbons (Fsp3) is 0.500. The lowest BCUT2D eigenvalue weighted by Crippen LogP contribution is -2.46. The quantitative estimate of drug-likeness (QED) is 0.725. The number of anilines is 1. The summed E-state index contributed by atoms with van der Waals surface area (Å²) in [5.74, 6) is 0.0796. The molecule has 4 heteroatoms. The average molecular weight is 275 g/mol. The monoisotopic (exact) mass is 275 g/mol. The van der Waals surface area contributed by atoms with Crippen molar-refractivity contribution >= 4 is 17.6 Å². The molecule has 1 aromatic rings. The first-order chi connectivity index (χ1) is 9.20. The number of hydrogen-bond donors (Lipinski definition) is 0. The number of ether oxygens (including phenoxy) is 1. The molecule has 1 unspecified atom stereocenters. The van der Waals surface area contributed by atoms with Crippen LogP contribution >= 0.6 is 0 Å². The fourth-order valence-corrected chi connectivity index (χ4v) is 2.48. The largest absolute Gasteiger partial charge is 0.443 e. The summed E-state index contributed by atoms with van der Waals surface area (Å²) in [5.41, 5.74) is 1.65. The summed E-state index contributed by atoms with van der Waals surface area (Å²) in [6.07, 6.45) is -0.0663. The maximum Gasteiger partial charge on any atom is 0.415 e. The Balaban J connectivity index is 2.47. The number of ketones is 1. The second-order valence-electron chi connectivity index (χ2n) is 6.30. The molecule has 0 fully saturated rings. The van der Waals surface area contributed by atoms with E-state index >= 15 is 0 Å². The Morgan fingerprint density at radius 1 is 1.35 bits per heavy atom. The first-order valence-corrected chi connectivity index (χ1v) is 6.86. The number of Topliss-reactive ketones (excluding diaryl/α,β-unsaturated/α-hetero) is 1. The molecule has 0 spiro atoms. The maximum absolute atomic E-state index is 12.4. The summed E-state index contributed by atoms with van der Waals surface area (Å²) in [7, 11) is 0. The van der Waals surface area contributed by atoms with Gasteiger partial charge in [0, 0.05) is 18.0 Å². The Kier molecular flexibility index (Phi) is 3.59. The minimum atomic E-state index is -0.554. The summed E-state index contributed by atoms with van der Waals surface area (Å²) >= 11 is 0. The van der Waals surface area contributed by atoms with E-state index in [0.717, 1.165) is 5.56 Å². The second-order valence-corrected chi connectivity index (χ2v) is 6.30. The van der Waals surface area contributed by atoms with Gasteiger partial charge in [0.15, 0.2) is 5.78 Å². The first-order valence-electron chi connectivity index (χ1n) is 6.86. The van der Waals surface area contributed by atoms with Crippen LogP contribution in [0.1, 0.15) is 50.0 Å². The van der Waals surface area contributed by atoms with Crippen LogP contribution in [0.2, 0.25) is 0 Å². The van der Waals surface area contributed by atoms with E-state index in [1.54, 1.807) is 11.0 Å². The number of fused-ring (bicyclic) bond motifs is 1. The fourth-order valence-electron chi connectivity index (χ4n) is 2.48. The van der Waals surface area contributed by atoms with Gasteiger partial charge in [-0.25, -0.2) is 4.79 Å². The molecule has 0 saturated carbocycles. The molecular formula is C16H21NO3. The van der Waals surface area contributed by atoms with E-state index in [9.17, 15) is 9.59 Å². The summed E-state index contributed by atoms with van der Waals surface area (Å²) in [6.45, 7) is 9.29. The van der Waals surface area contributed by atoms with Crippen LogP contribution in [0.3, 0.4) is 0 Å². The molecule has 0 aromatic heterocycles. The van der Waals surface area contributed by atoms with Crippen LogP contribution in [-0.2, 0) is 4.74 Å². The molecule has 1 atom stereocenters. The third-order valence-corrected chi connectivity index (χ3v) is 3.29. The van der Waals surface area contributed by atoms with Crippen molar-refractivity contribution in [2.75, 3.05) is 4.90 Å². The SMILES string of the molecule is Cc1cccc2c1N(C(=O)OC(C)(C)C)C(C)CC2=O. The minimum absolute atomic E-state index is 0.0796. The molecule has 1 aromatic carbocycles. The van der Waals surface area contributed by atoms with Crippen molar-refractivity contribution in [3.05, 3.63) is 29.3 Å². The van der Waals surface area contributed by atoms with Gasteiger partial charge in [0.05, 0.1) is 5.69 Å². The number of nitrogens with zero attached hydrogens (tertiary/aromatic N) is 1. The maximum atomic E-state index is 12.4. The van der Waals surface area contributed by atoms with Crippen molar-refractivity contribution in [3.8, 4) is 0 Å². The van der Waals surface area contributed by atoms with E-state index in [1.165, 1.54) is 0 Å². The van der Waals surface area contributed by atoms with E-state index in [4.69, 9.17) is 4.74 Å². The average Bonchev–Trinajstić information content (AvgIpc) is 2.28. The van der Waals surface area contributed by atoms with Gasteiger partial charge in [-0.05, 0) is 46.2 Å². The zero-order valence-electron chi connectivity index (χ0n) is 12.7. The number of carbonyl (C=O) groups excluding carboxylic acids is 2. The van der Waals surface area contributed by atoms with Crippen molar-refractivity contribution in [1.29, 1.82) is 0 Å². The number of benzene rings is 1. The molecule has 2 rings (SSSR count). The highest BCUT2D eigenvalue weighted by molar-refractivity contribution is 6.08. The van der Waals surface area contributed by atoms with Gasteiger partial charge in [-0.3, -0.25) is 9.69 Å². The number of carbonyl (C=O) groups is 2. The van der Waals surface area contributed by atoms with Crippen LogP contribution in [0.25, 0.3) is 0 Å². The van der Waals surface area contributed by atoms with Crippen LogP contribution in [-0.4, -0.2) is 23.5 Å². The molecule has 108 valence electrons. The predicted octanol–water partition coefficient (Wildman–Crippen LogP) is 3.71. The van der Waals surface area contributed by atoms with Crippen LogP contribution in [0, 0.1) is 6.92 Å². The van der Waals surface area contributed by atoms with Crippen molar-refractivity contribution in [2.45, 2.75) is 52.7 Å². The Bertz CT molecular complexity index is 557. The number of aryl methyl sites for hydroxylation is 1. The molecule has 0 aliphatic carbocycles. The zero-order valence-corrected chi connectivity index (χ0v) is 12.7. The second kappa shape index (κ2) is 4.93. The normalized spacial score (nSPS) is 18.8. The number of rotatable bonds is 0. The van der Waals surface area contributed by atoms with Crippen LogP contribution in [0.5, 0.6) is 0 Å². The van der Waals surface area contributed by atoms with Gasteiger partial charge in [0.2, 0.25) is 0 Å². The van der Waals surface area contributed by atoms with E-state index < -0.39 is 11.7 Å². The van der Waals surface area contributed by atoms with Crippen molar-refractivity contribution in [2.24, 2.45) is 0 Å². The minimum Gasteiger partial charge on any atom is -0.443 e. The summed E-state index contributed by atoms with van der Waals surface area (Å²) in [6, 6.07) is 5.33. The van der Waals surface area contributed by atoms with Gasteiger partial charge in [0.25, 0.3) is 0 Å². The van der Waals surface area contributed by atoms with Crippen LogP contribution in [0.15, 0.2) is 18.2 Å². The lowest BCUT2D eigenvalue weighted by atomic mass is 9.93. The molecule has 1 heterocycles. The molecule has 0 N–H and O–H groups in total. The summed E-state index contributed by atoms with van der Waals surface area (Å²) < 4.78 is 5.47. The number of hydrogen-bond acceptors (Lipinski definition) is 3. The van der Waals surface area contributed by atoms with Gasteiger partial charge in [0.1, 0.15) is 5.60 Å². The van der Waals surface area contributed by atoms with E-state index in [0.29, 0.717) is 17.7 Å². The number of para-hydroxylation sites is 1. The standard InChI is InChI=1S/C16H21NO3/c1-10-7-6-8-12-13(18)9-11(2)17(14(10)12)15(19)20-16(3,4)5/h6-8,11H,9H2,1-5H3. The van der Waals surface area contributed by atoms with E-state index in [-0.39, 0.29) is 11.8 Å². The van der Waals surface area contributed by atoms with Gasteiger partial charge >= 0.3 is 6.09 Å². The molecule has 0 radical (unpaired) electrons. The van der Waals surface area contributed by atoms with E-state index in [2.05, 4.69) is 0 Å². The molecule has 0 saturated heterocycles. The van der Waals surface area contributed by atoms with Crippen molar-refractivity contribution < 1.29 is 14.3 Å². The molecule has 1 amide bonds. The molecule has 0 bridgehead atoms. The molecule has 20 heavy (non-hydrogen) atoms. The lowest BCUT2D eigenvalue weighted by molar-refractivity contribution is 0.0562. The van der Waals surface area contributed by atoms with Gasteiger partial charge < -0.3 is 4.74 Å². The van der Waals surface area contributed by atoms with Crippen LogP contribution < -0.4 is 4.90 Å². The Morgan fingerprint density at radius 2 is 2.00 bits per heavy atom. The van der Waals surface area contributed by atoms with Crippen molar-refractivity contribution in [3.63, 3.8) is 0 Å². The Hall–Kier alpha value is -1.84. The molecular weight excluding hydrogens is 254 g/mol. The number of amides is 1. The Labute approximate surface area is 119 Å². The third-order valence-electron chi connectivity index (χ3n) is 3.29. The summed E-state index contributed by atoms with van der Waals surface area (Å²) in [5, 5.41) is 0. The van der Waals surface area contributed by atoms with Gasteiger partial charge in [-0.1, -0.05) is 12.1 Å². The first kappa shape index (κ1) is 14.6. The van der Waals surface area contributed by atoms with E-state index in [1.807, 2.05) is 46.8 Å². The third kappa shape index (κ3) is 2.69. The zero-order chi connectivity index (χ0) is 15.1. The lowest BCUT2D eigenvalue weighted by Gasteiger charge is -2.36. The highest BCUT2D eigenvalue weighted by atomic mass is 16.6. The van der Waals surface area contributed by atoms with Crippen molar-refractivity contribution in [1.82, 2.24) is 0 Å². The Morgan fingerprint density at radius 3 is 2.60 bits per heavy atom. The summed E-state index contributed by atoms with van der Waals surface area (Å²) in [4.78, 5) is 26.2.